The van der Waals surface area contributed by atoms with Gasteiger partial charge in [0.15, 0.2) is 0 Å². The van der Waals surface area contributed by atoms with Gasteiger partial charge in [-0.2, -0.15) is 0 Å². The SMILES string of the molecule is COc1ccc(OC)c(CCNC(=O)CCCOc2cccc(Br)c2)c1. The highest BCUT2D eigenvalue weighted by Crippen LogP contribution is 2.24. The maximum Gasteiger partial charge on any atom is 0.220 e. The van der Waals surface area contributed by atoms with E-state index in [1.54, 1.807) is 14.2 Å². The maximum atomic E-state index is 11.9. The summed E-state index contributed by atoms with van der Waals surface area (Å²) < 4.78 is 17.2. The van der Waals surface area contributed by atoms with Gasteiger partial charge >= 0.3 is 0 Å². The van der Waals surface area contributed by atoms with Gasteiger partial charge in [-0.05, 0) is 54.8 Å². The molecule has 0 bridgehead atoms. The Labute approximate surface area is 162 Å². The Morgan fingerprint density at radius 2 is 1.92 bits per heavy atom. The third-order valence-corrected chi connectivity index (χ3v) is 4.31. The van der Waals surface area contributed by atoms with Gasteiger partial charge in [0, 0.05) is 17.4 Å². The fourth-order valence-electron chi connectivity index (χ4n) is 2.48. The van der Waals surface area contributed by atoms with Crippen molar-refractivity contribution in [3.63, 3.8) is 0 Å². The smallest absolute Gasteiger partial charge is 0.220 e. The van der Waals surface area contributed by atoms with Crippen LogP contribution < -0.4 is 19.5 Å². The van der Waals surface area contributed by atoms with Crippen molar-refractivity contribution in [2.75, 3.05) is 27.4 Å². The van der Waals surface area contributed by atoms with Crippen LogP contribution in [0, 0.1) is 0 Å². The second-order valence-corrected chi connectivity index (χ2v) is 6.60. The number of rotatable bonds is 10. The van der Waals surface area contributed by atoms with Gasteiger partial charge < -0.3 is 19.5 Å². The van der Waals surface area contributed by atoms with Gasteiger partial charge in [0.25, 0.3) is 0 Å². The van der Waals surface area contributed by atoms with E-state index in [4.69, 9.17) is 14.2 Å². The highest BCUT2D eigenvalue weighted by Gasteiger charge is 2.07. The average molecular weight is 422 g/mol. The van der Waals surface area contributed by atoms with E-state index in [2.05, 4.69) is 21.2 Å². The lowest BCUT2D eigenvalue weighted by molar-refractivity contribution is -0.121. The Balaban J connectivity index is 1.67. The van der Waals surface area contributed by atoms with Crippen LogP contribution in [0.25, 0.3) is 0 Å². The van der Waals surface area contributed by atoms with Gasteiger partial charge in [-0.1, -0.05) is 22.0 Å². The Hall–Kier alpha value is -2.21. The van der Waals surface area contributed by atoms with Crippen molar-refractivity contribution in [3.8, 4) is 17.2 Å². The van der Waals surface area contributed by atoms with Gasteiger partial charge in [-0.15, -0.1) is 0 Å². The Morgan fingerprint density at radius 1 is 1.08 bits per heavy atom. The number of carbonyl (C=O) groups is 1. The number of halogens is 1. The van der Waals surface area contributed by atoms with Crippen LogP contribution in [0.5, 0.6) is 17.2 Å². The first-order chi connectivity index (χ1) is 12.6. The molecule has 0 atom stereocenters. The quantitative estimate of drug-likeness (QED) is 0.589. The molecule has 2 aromatic carbocycles. The summed E-state index contributed by atoms with van der Waals surface area (Å²) in [5.41, 5.74) is 1.00. The van der Waals surface area contributed by atoms with Gasteiger partial charge in [-0.25, -0.2) is 0 Å². The highest BCUT2D eigenvalue weighted by atomic mass is 79.9. The zero-order valence-corrected chi connectivity index (χ0v) is 16.7. The van der Waals surface area contributed by atoms with Crippen LogP contribution in [0.3, 0.4) is 0 Å². The molecule has 2 rings (SSSR count). The second kappa shape index (κ2) is 10.7. The minimum atomic E-state index is 0.0182. The first-order valence-corrected chi connectivity index (χ1v) is 9.27. The molecule has 0 unspecified atom stereocenters. The lowest BCUT2D eigenvalue weighted by Gasteiger charge is -2.11. The molecule has 26 heavy (non-hydrogen) atoms. The zero-order valence-electron chi connectivity index (χ0n) is 15.1. The summed E-state index contributed by atoms with van der Waals surface area (Å²) in [5.74, 6) is 2.38. The van der Waals surface area contributed by atoms with E-state index in [-0.39, 0.29) is 5.91 Å². The largest absolute Gasteiger partial charge is 0.497 e. The number of ether oxygens (including phenoxy) is 3. The van der Waals surface area contributed by atoms with Crippen LogP contribution in [0.4, 0.5) is 0 Å². The van der Waals surface area contributed by atoms with E-state index in [0.29, 0.717) is 32.4 Å². The van der Waals surface area contributed by atoms with Crippen molar-refractivity contribution in [2.45, 2.75) is 19.3 Å². The number of hydrogen-bond donors (Lipinski definition) is 1. The van der Waals surface area contributed by atoms with Crippen molar-refractivity contribution in [1.82, 2.24) is 5.32 Å². The molecule has 0 saturated heterocycles. The van der Waals surface area contributed by atoms with E-state index in [0.717, 1.165) is 27.3 Å². The molecule has 0 saturated carbocycles. The number of benzene rings is 2. The molecule has 0 aliphatic heterocycles. The predicted octanol–water partition coefficient (Wildman–Crippen LogP) is 3.98. The Bertz CT molecular complexity index is 721. The molecular formula is C20H24BrNO4. The fraction of sp³-hybridized carbons (Fsp3) is 0.350. The number of nitrogens with one attached hydrogen (secondary N) is 1. The summed E-state index contributed by atoms with van der Waals surface area (Å²) in [7, 11) is 3.26. The van der Waals surface area contributed by atoms with Crippen LogP contribution in [-0.4, -0.2) is 33.3 Å². The summed E-state index contributed by atoms with van der Waals surface area (Å²) >= 11 is 3.40. The topological polar surface area (TPSA) is 56.8 Å². The first kappa shape index (κ1) is 20.1. The molecule has 0 radical (unpaired) electrons. The van der Waals surface area contributed by atoms with E-state index >= 15 is 0 Å². The normalized spacial score (nSPS) is 10.3. The van der Waals surface area contributed by atoms with Gasteiger partial charge in [0.05, 0.1) is 20.8 Å². The van der Waals surface area contributed by atoms with Crippen molar-refractivity contribution in [1.29, 1.82) is 0 Å². The van der Waals surface area contributed by atoms with Crippen molar-refractivity contribution < 1.29 is 19.0 Å². The van der Waals surface area contributed by atoms with Crippen LogP contribution in [-0.2, 0) is 11.2 Å². The number of carbonyl (C=O) groups excluding carboxylic acids is 1. The zero-order chi connectivity index (χ0) is 18.8. The molecule has 6 heteroatoms. The van der Waals surface area contributed by atoms with Crippen molar-refractivity contribution in [3.05, 3.63) is 52.5 Å². The van der Waals surface area contributed by atoms with E-state index in [1.165, 1.54) is 0 Å². The van der Waals surface area contributed by atoms with Gasteiger partial charge in [-0.3, -0.25) is 4.79 Å². The third kappa shape index (κ3) is 6.59. The minimum Gasteiger partial charge on any atom is -0.497 e. The Morgan fingerprint density at radius 3 is 2.65 bits per heavy atom. The predicted molar refractivity (Wildman–Crippen MR) is 105 cm³/mol. The summed E-state index contributed by atoms with van der Waals surface area (Å²) in [6.45, 7) is 1.06. The molecule has 0 fully saturated rings. The molecule has 1 N–H and O–H groups in total. The van der Waals surface area contributed by atoms with Crippen LogP contribution >= 0.6 is 15.9 Å². The molecular weight excluding hydrogens is 398 g/mol. The van der Waals surface area contributed by atoms with E-state index < -0.39 is 0 Å². The molecule has 0 aliphatic carbocycles. The number of methoxy groups -OCH3 is 2. The number of hydrogen-bond acceptors (Lipinski definition) is 4. The highest BCUT2D eigenvalue weighted by molar-refractivity contribution is 9.10. The minimum absolute atomic E-state index is 0.0182. The maximum absolute atomic E-state index is 11.9. The molecule has 0 heterocycles. The van der Waals surface area contributed by atoms with Crippen LogP contribution in [0.1, 0.15) is 18.4 Å². The third-order valence-electron chi connectivity index (χ3n) is 3.82. The summed E-state index contributed by atoms with van der Waals surface area (Å²) in [5, 5.41) is 2.93. The van der Waals surface area contributed by atoms with Crippen LogP contribution in [0.2, 0.25) is 0 Å². The van der Waals surface area contributed by atoms with E-state index in [9.17, 15) is 4.79 Å². The first-order valence-electron chi connectivity index (χ1n) is 8.48. The number of amides is 1. The van der Waals surface area contributed by atoms with Crippen LogP contribution in [0.15, 0.2) is 46.9 Å². The summed E-state index contributed by atoms with van der Waals surface area (Å²) in [6.07, 6.45) is 1.78. The van der Waals surface area contributed by atoms with E-state index in [1.807, 2.05) is 42.5 Å². The lowest BCUT2D eigenvalue weighted by atomic mass is 10.1. The molecule has 140 valence electrons. The molecule has 1 amide bonds. The molecule has 0 aliphatic rings. The molecule has 0 spiro atoms. The summed E-state index contributed by atoms with van der Waals surface area (Å²) in [6, 6.07) is 13.3. The van der Waals surface area contributed by atoms with Crippen molar-refractivity contribution >= 4 is 21.8 Å². The fourth-order valence-corrected chi connectivity index (χ4v) is 2.86. The second-order valence-electron chi connectivity index (χ2n) is 5.69. The molecule has 2 aromatic rings. The van der Waals surface area contributed by atoms with Gasteiger partial charge in [0.2, 0.25) is 5.91 Å². The van der Waals surface area contributed by atoms with Gasteiger partial charge in [0.1, 0.15) is 17.2 Å². The Kier molecular flexibility index (Phi) is 8.28. The standard InChI is InChI=1S/C20H24BrNO4/c1-24-17-8-9-19(25-2)15(13-17)10-11-22-20(23)7-4-12-26-18-6-3-5-16(21)14-18/h3,5-6,8-9,13-14H,4,7,10-12H2,1-2H3,(H,22,23). The van der Waals surface area contributed by atoms with Crippen molar-refractivity contribution in [2.24, 2.45) is 0 Å². The molecule has 5 nitrogen and oxygen atoms in total. The lowest BCUT2D eigenvalue weighted by Crippen LogP contribution is -2.25. The summed E-state index contributed by atoms with van der Waals surface area (Å²) in [4.78, 5) is 11.9. The average Bonchev–Trinajstić information content (AvgIpc) is 2.65. The monoisotopic (exact) mass is 421 g/mol. The molecule has 0 aromatic heterocycles.